The molecule has 1 N–H and O–H groups in total. The molecule has 0 saturated heterocycles. The number of para-hydroxylation sites is 3. The second-order valence-corrected chi connectivity index (χ2v) is 21.1. The lowest BCUT2D eigenvalue weighted by Gasteiger charge is -2.30. The fraction of sp³-hybridized carbons (Fsp3) is 0.111. The van der Waals surface area contributed by atoms with E-state index in [1.165, 1.54) is 33.2 Å². The zero-order valence-corrected chi connectivity index (χ0v) is 43.8. The highest BCUT2D eigenvalue weighted by atomic mass is 16.3. The second kappa shape index (κ2) is 18.7. The van der Waals surface area contributed by atoms with Crippen molar-refractivity contribution in [3.8, 4) is 39.1 Å². The molecule has 0 aliphatic heterocycles. The van der Waals surface area contributed by atoms with Crippen LogP contribution in [0.4, 0.5) is 34.1 Å². The van der Waals surface area contributed by atoms with Gasteiger partial charge in [0.1, 0.15) is 11.3 Å². The van der Waals surface area contributed by atoms with Crippen LogP contribution in [0, 0.1) is 13.8 Å². The number of phenols is 1. The molecule has 0 aliphatic rings. The normalized spacial score (nSPS) is 11.8. The number of hydrogen-bond acceptors (Lipinski definition) is 4. The summed E-state index contributed by atoms with van der Waals surface area (Å²) in [7, 11) is 0. The average Bonchev–Trinajstić information content (AvgIpc) is 3.97. The van der Waals surface area contributed by atoms with Crippen LogP contribution in [-0.2, 0) is 0 Å². The van der Waals surface area contributed by atoms with Gasteiger partial charge in [0, 0.05) is 44.0 Å². The van der Waals surface area contributed by atoms with E-state index < -0.39 is 0 Å². The zero-order chi connectivity index (χ0) is 51.8. The number of anilines is 6. The number of aromatic hydroxyl groups is 1. The largest absolute Gasteiger partial charge is 0.505 e. The monoisotopic (exact) mass is 982 g/mol. The highest BCUT2D eigenvalue weighted by Gasteiger charge is 2.27. The van der Waals surface area contributed by atoms with Gasteiger partial charge in [-0.2, -0.15) is 0 Å². The maximum atomic E-state index is 12.7. The summed E-state index contributed by atoms with van der Waals surface area (Å²) >= 11 is 0. The molecule has 12 aromatic carbocycles. The third-order valence-electron chi connectivity index (χ3n) is 15.6. The minimum atomic E-state index is 0.218. The Morgan fingerprint density at radius 2 is 0.803 bits per heavy atom. The first-order chi connectivity index (χ1) is 37.1. The van der Waals surface area contributed by atoms with Crippen LogP contribution >= 0.6 is 0 Å². The predicted octanol–water partition coefficient (Wildman–Crippen LogP) is 21.0. The van der Waals surface area contributed by atoms with Crippen LogP contribution in [0.15, 0.2) is 229 Å². The van der Waals surface area contributed by atoms with Crippen molar-refractivity contribution in [3.63, 3.8) is 0 Å². The number of aryl methyl sites for hydroxylation is 2. The lowest BCUT2D eigenvalue weighted by molar-refractivity contribution is 0.478. The van der Waals surface area contributed by atoms with Gasteiger partial charge >= 0.3 is 0 Å². The first-order valence-electron chi connectivity index (χ1n) is 26.6. The van der Waals surface area contributed by atoms with Crippen LogP contribution in [-0.4, -0.2) is 5.11 Å². The first-order valence-corrected chi connectivity index (χ1v) is 26.6. The van der Waals surface area contributed by atoms with Gasteiger partial charge in [0.05, 0.1) is 22.7 Å². The summed E-state index contributed by atoms with van der Waals surface area (Å²) in [5, 5.41) is 21.8. The van der Waals surface area contributed by atoms with Crippen molar-refractivity contribution in [2.75, 3.05) is 9.80 Å². The maximum absolute atomic E-state index is 12.7. The fourth-order valence-electron chi connectivity index (χ4n) is 11.9. The summed E-state index contributed by atoms with van der Waals surface area (Å²) < 4.78 is 7.23. The molecule has 4 nitrogen and oxygen atoms in total. The number of fused-ring (bicyclic) bond motifs is 3. The van der Waals surface area contributed by atoms with E-state index in [-0.39, 0.29) is 5.75 Å². The molecule has 0 bridgehead atoms. The van der Waals surface area contributed by atoms with Crippen LogP contribution in [0.2, 0.25) is 0 Å². The Morgan fingerprint density at radius 1 is 0.355 bits per heavy atom. The van der Waals surface area contributed by atoms with E-state index in [9.17, 15) is 5.11 Å². The molecule has 13 rings (SSSR count). The van der Waals surface area contributed by atoms with Crippen molar-refractivity contribution in [2.45, 2.75) is 53.4 Å². The van der Waals surface area contributed by atoms with Gasteiger partial charge in [-0.05, 0) is 135 Å². The Balaban J connectivity index is 1.01. The van der Waals surface area contributed by atoms with Crippen molar-refractivity contribution >= 4 is 88.4 Å². The molecule has 0 aliphatic carbocycles. The molecule has 0 radical (unpaired) electrons. The topological polar surface area (TPSA) is 39.9 Å². The minimum Gasteiger partial charge on any atom is -0.505 e. The van der Waals surface area contributed by atoms with Crippen LogP contribution in [0.25, 0.3) is 87.6 Å². The van der Waals surface area contributed by atoms with Gasteiger partial charge in [-0.1, -0.05) is 209 Å². The summed E-state index contributed by atoms with van der Waals surface area (Å²) in [4.78, 5) is 4.62. The molecule has 0 amide bonds. The summed E-state index contributed by atoms with van der Waals surface area (Å²) in [5.41, 5.74) is 18.7. The molecule has 76 heavy (non-hydrogen) atoms. The number of benzene rings is 12. The summed E-state index contributed by atoms with van der Waals surface area (Å²) in [5.74, 6) is 0.939. The van der Waals surface area contributed by atoms with E-state index >= 15 is 0 Å². The van der Waals surface area contributed by atoms with Gasteiger partial charge in [0.25, 0.3) is 0 Å². The Hall–Kier alpha value is -9.12. The first kappa shape index (κ1) is 46.7. The summed E-state index contributed by atoms with van der Waals surface area (Å²) in [6.07, 6.45) is 0. The van der Waals surface area contributed by atoms with Crippen molar-refractivity contribution in [1.82, 2.24) is 0 Å². The lowest BCUT2D eigenvalue weighted by atomic mass is 9.90. The quantitative estimate of drug-likeness (QED) is 0.131. The van der Waals surface area contributed by atoms with Crippen molar-refractivity contribution in [2.24, 2.45) is 0 Å². The van der Waals surface area contributed by atoms with Gasteiger partial charge < -0.3 is 19.3 Å². The maximum Gasteiger partial charge on any atom is 0.159 e. The van der Waals surface area contributed by atoms with Crippen LogP contribution in [0.5, 0.6) is 5.75 Å². The number of furan rings is 1. The zero-order valence-electron chi connectivity index (χ0n) is 43.8. The van der Waals surface area contributed by atoms with E-state index in [1.807, 2.05) is 12.1 Å². The molecular formula is C72H58N2O2. The summed E-state index contributed by atoms with van der Waals surface area (Å²) in [6.45, 7) is 13.2. The molecule has 0 spiro atoms. The van der Waals surface area contributed by atoms with Gasteiger partial charge in [-0.25, -0.2) is 0 Å². The molecule has 0 unspecified atom stereocenters. The highest BCUT2D eigenvalue weighted by molar-refractivity contribution is 6.28. The Morgan fingerprint density at radius 3 is 1.41 bits per heavy atom. The second-order valence-electron chi connectivity index (χ2n) is 21.1. The summed E-state index contributed by atoms with van der Waals surface area (Å²) in [6, 6.07) is 80.7. The molecule has 368 valence electrons. The molecule has 1 heterocycles. The van der Waals surface area contributed by atoms with Gasteiger partial charge in [0.2, 0.25) is 0 Å². The fourth-order valence-corrected chi connectivity index (χ4v) is 11.9. The third kappa shape index (κ3) is 7.75. The standard InChI is InChI=1S/C72H58N2O2/c1-44(2)54-17-7-9-19-56(54)50-15-11-16-51(43-50)57-21-13-25-66(70(57)75)73(52-35-27-46(5)28-36-52)64-41-33-48-32-40-63-65(42-34-49-31-39-62(64)68(48)69(49)63)74(53-37-29-47(6)30-38-53)67-26-14-24-61-60-23-12-22-59(71(60)76-72(61)67)58-20-10-8-18-55(58)45(3)4/h7-45,75H,1-6H3. The van der Waals surface area contributed by atoms with E-state index in [0.717, 1.165) is 105 Å². The average molecular weight is 983 g/mol. The molecule has 4 heteroatoms. The highest BCUT2D eigenvalue weighted by Crippen LogP contribution is 2.52. The molecule has 0 fully saturated rings. The van der Waals surface area contributed by atoms with Crippen molar-refractivity contribution < 1.29 is 9.52 Å². The van der Waals surface area contributed by atoms with E-state index in [1.54, 1.807) is 0 Å². The van der Waals surface area contributed by atoms with Crippen molar-refractivity contribution in [3.05, 3.63) is 247 Å². The number of rotatable bonds is 11. The third-order valence-corrected chi connectivity index (χ3v) is 15.6. The number of phenolic OH excluding ortho intramolecular Hbond substituents is 1. The SMILES string of the molecule is Cc1ccc(N(c2cccc(-c3cccc(-c4ccccc4C(C)C)c3)c2O)c2ccc3ccc4c(N(c5ccc(C)cc5)c5cccc6c5oc5c(-c7ccccc7C(C)C)cccc56)ccc5ccc2c3c54)cc1. The minimum absolute atomic E-state index is 0.218. The number of nitrogens with zero attached hydrogens (tertiary/aromatic N) is 2. The van der Waals surface area contributed by atoms with Gasteiger partial charge in [-0.3, -0.25) is 0 Å². The van der Waals surface area contributed by atoms with Gasteiger partial charge in [0.15, 0.2) is 5.58 Å². The molecule has 1 aromatic heterocycles. The Bertz CT molecular complexity index is 4330. The van der Waals surface area contributed by atoms with Crippen molar-refractivity contribution in [1.29, 1.82) is 0 Å². The molecule has 0 saturated carbocycles. The number of hydrogen-bond donors (Lipinski definition) is 1. The van der Waals surface area contributed by atoms with E-state index in [4.69, 9.17) is 4.42 Å². The Labute approximate surface area is 444 Å². The lowest BCUT2D eigenvalue weighted by Crippen LogP contribution is -2.12. The molecule has 13 aromatic rings. The molecule has 0 atom stereocenters. The smallest absolute Gasteiger partial charge is 0.159 e. The van der Waals surface area contributed by atoms with Gasteiger partial charge in [-0.15, -0.1) is 0 Å². The van der Waals surface area contributed by atoms with Crippen LogP contribution < -0.4 is 9.80 Å². The van der Waals surface area contributed by atoms with E-state index in [2.05, 4.69) is 264 Å². The van der Waals surface area contributed by atoms with Crippen LogP contribution in [0.1, 0.15) is 61.8 Å². The predicted molar refractivity (Wildman–Crippen MR) is 322 cm³/mol. The molecular weight excluding hydrogens is 925 g/mol. The van der Waals surface area contributed by atoms with Crippen LogP contribution in [0.3, 0.4) is 0 Å². The Kier molecular flexibility index (Phi) is 11.5. The van der Waals surface area contributed by atoms with E-state index in [0.29, 0.717) is 17.5 Å².